The normalized spacial score (nSPS) is 15.6. The van der Waals surface area contributed by atoms with Crippen LogP contribution >= 0.6 is 11.6 Å². The Labute approximate surface area is 302 Å². The summed E-state index contributed by atoms with van der Waals surface area (Å²) >= 11 is 6.13. The summed E-state index contributed by atoms with van der Waals surface area (Å²) in [5, 5.41) is 7.50. The van der Waals surface area contributed by atoms with E-state index in [1.807, 2.05) is 72.8 Å². The molecule has 2 aliphatic carbocycles. The van der Waals surface area contributed by atoms with Crippen molar-refractivity contribution in [3.63, 3.8) is 0 Å². The Kier molecular flexibility index (Phi) is 9.08. The lowest BCUT2D eigenvalue weighted by Gasteiger charge is -2.28. The molecule has 51 heavy (non-hydrogen) atoms. The predicted octanol–water partition coefficient (Wildman–Crippen LogP) is 10.00. The van der Waals surface area contributed by atoms with E-state index in [0.717, 1.165) is 80.8 Å². The number of aromatic amines is 2. The van der Waals surface area contributed by atoms with Gasteiger partial charge in [0.15, 0.2) is 11.6 Å². The van der Waals surface area contributed by atoms with Crippen LogP contribution in [0.25, 0.3) is 22.6 Å². The number of benzene rings is 2. The fourth-order valence-corrected chi connectivity index (χ4v) is 7.29. The van der Waals surface area contributed by atoms with Crippen LogP contribution in [0.2, 0.25) is 5.02 Å². The SMILES string of the molecule is CC1(C)CC(=O)c2c([nH]c(-c3ccncc3)c2Nc2cccc(Cl)c2)C1.CC1(C)CC(=O)c2c([nH]c(-c3ccncn3)c2Nc2ccccc2)C1. The third-order valence-electron chi connectivity index (χ3n) is 9.25. The average molecular weight is 698 g/mol. The van der Waals surface area contributed by atoms with E-state index in [4.69, 9.17) is 11.6 Å². The molecule has 6 aromatic rings. The van der Waals surface area contributed by atoms with Crippen LogP contribution in [0.3, 0.4) is 0 Å². The van der Waals surface area contributed by atoms with Gasteiger partial charge in [-0.3, -0.25) is 14.6 Å². The quantitative estimate of drug-likeness (QED) is 0.136. The van der Waals surface area contributed by atoms with Gasteiger partial charge in [0.05, 0.1) is 39.6 Å². The first-order chi connectivity index (χ1) is 24.5. The summed E-state index contributed by atoms with van der Waals surface area (Å²) in [5.41, 5.74) is 10.3. The number of para-hydroxylation sites is 1. The number of carbonyl (C=O) groups excluding carboxylic acids is 2. The van der Waals surface area contributed by atoms with Crippen molar-refractivity contribution in [2.75, 3.05) is 10.6 Å². The van der Waals surface area contributed by atoms with Crippen molar-refractivity contribution in [1.29, 1.82) is 0 Å². The first kappa shape index (κ1) is 33.9. The van der Waals surface area contributed by atoms with Crippen molar-refractivity contribution in [3.8, 4) is 22.6 Å². The van der Waals surface area contributed by atoms with E-state index in [1.165, 1.54) is 6.33 Å². The van der Waals surface area contributed by atoms with Crippen molar-refractivity contribution in [2.24, 2.45) is 10.8 Å². The van der Waals surface area contributed by atoms with Crippen molar-refractivity contribution in [2.45, 2.75) is 53.4 Å². The number of aromatic nitrogens is 5. The van der Waals surface area contributed by atoms with Gasteiger partial charge in [-0.05, 0) is 72.2 Å². The molecule has 9 nitrogen and oxygen atoms in total. The molecule has 10 heteroatoms. The minimum absolute atomic E-state index is 0.0398. The summed E-state index contributed by atoms with van der Waals surface area (Å²) in [7, 11) is 0. The molecule has 0 unspecified atom stereocenters. The summed E-state index contributed by atoms with van der Waals surface area (Å²) in [5.74, 6) is 0.332. The highest BCUT2D eigenvalue weighted by atomic mass is 35.5. The number of rotatable bonds is 6. The number of pyridine rings is 1. The second-order valence-electron chi connectivity index (χ2n) is 14.8. The third-order valence-corrected chi connectivity index (χ3v) is 9.48. The van der Waals surface area contributed by atoms with E-state index >= 15 is 0 Å². The maximum Gasteiger partial charge on any atom is 0.167 e. The molecule has 0 saturated carbocycles. The molecule has 0 atom stereocenters. The number of nitrogens with zero attached hydrogens (tertiary/aromatic N) is 3. The minimum Gasteiger partial charge on any atom is -0.356 e. The Hall–Kier alpha value is -5.54. The molecule has 0 fully saturated rings. The lowest BCUT2D eigenvalue weighted by atomic mass is 9.76. The second-order valence-corrected chi connectivity index (χ2v) is 15.2. The highest BCUT2D eigenvalue weighted by molar-refractivity contribution is 6.30. The van der Waals surface area contributed by atoms with Gasteiger partial charge in [0.2, 0.25) is 0 Å². The molecule has 0 spiro atoms. The van der Waals surface area contributed by atoms with Crippen LogP contribution in [0.4, 0.5) is 22.7 Å². The Morgan fingerprint density at radius 3 is 1.82 bits per heavy atom. The molecule has 8 rings (SSSR count). The van der Waals surface area contributed by atoms with Gasteiger partial charge in [-0.2, -0.15) is 0 Å². The largest absolute Gasteiger partial charge is 0.356 e. The molecular weight excluding hydrogens is 658 g/mol. The molecule has 2 aromatic carbocycles. The van der Waals surface area contributed by atoms with Crippen molar-refractivity contribution >= 4 is 45.9 Å². The molecule has 258 valence electrons. The number of carbonyl (C=O) groups is 2. The van der Waals surface area contributed by atoms with Crippen LogP contribution < -0.4 is 10.6 Å². The summed E-state index contributed by atoms with van der Waals surface area (Å²) in [6.45, 7) is 8.52. The van der Waals surface area contributed by atoms with Crippen molar-refractivity contribution < 1.29 is 9.59 Å². The maximum atomic E-state index is 12.9. The summed E-state index contributed by atoms with van der Waals surface area (Å²) in [6.07, 6.45) is 9.50. The molecular formula is C41H40ClN7O2. The van der Waals surface area contributed by atoms with Crippen LogP contribution in [0.15, 0.2) is 97.7 Å². The summed E-state index contributed by atoms with van der Waals surface area (Å²) < 4.78 is 0. The zero-order valence-electron chi connectivity index (χ0n) is 29.1. The molecule has 0 saturated heterocycles. The standard InChI is InChI=1S/C21H20ClN3O.C20H20N4O/c1-21(2)11-16-18(17(26)12-21)20(24-15-5-3-4-14(22)10-15)19(25-16)13-6-8-23-9-7-13;1-20(2)10-15-17(16(25)11-20)19(23-13-6-4-3-5-7-13)18(24-15)14-8-9-21-12-22-14/h3-10,24-25H,11-12H2,1-2H3;3-9,12,23-24H,10-11H2,1-2H3. The fourth-order valence-electron chi connectivity index (χ4n) is 7.10. The highest BCUT2D eigenvalue weighted by Gasteiger charge is 2.37. The van der Waals surface area contributed by atoms with E-state index < -0.39 is 0 Å². The summed E-state index contributed by atoms with van der Waals surface area (Å²) in [6, 6.07) is 23.1. The van der Waals surface area contributed by atoms with Crippen LogP contribution in [-0.2, 0) is 12.8 Å². The van der Waals surface area contributed by atoms with Gasteiger partial charge < -0.3 is 20.6 Å². The van der Waals surface area contributed by atoms with Crippen LogP contribution in [-0.4, -0.2) is 36.5 Å². The molecule has 0 aliphatic heterocycles. The first-order valence-electron chi connectivity index (χ1n) is 17.0. The number of hydrogen-bond donors (Lipinski definition) is 4. The van der Waals surface area contributed by atoms with Gasteiger partial charge >= 0.3 is 0 Å². The van der Waals surface area contributed by atoms with Gasteiger partial charge in [0.1, 0.15) is 6.33 Å². The predicted molar refractivity (Wildman–Crippen MR) is 203 cm³/mol. The number of Topliss-reactive ketones (excluding diaryl/α,β-unsaturated/α-hetero) is 2. The second kappa shape index (κ2) is 13.6. The van der Waals surface area contributed by atoms with Gasteiger partial charge in [0.25, 0.3) is 0 Å². The van der Waals surface area contributed by atoms with Gasteiger partial charge in [0, 0.05) is 64.8 Å². The lowest BCUT2D eigenvalue weighted by Crippen LogP contribution is -2.26. The van der Waals surface area contributed by atoms with E-state index in [9.17, 15) is 9.59 Å². The van der Waals surface area contributed by atoms with Gasteiger partial charge in [-0.25, -0.2) is 9.97 Å². The first-order valence-corrected chi connectivity index (χ1v) is 17.4. The monoisotopic (exact) mass is 697 g/mol. The molecule has 4 aromatic heterocycles. The zero-order valence-corrected chi connectivity index (χ0v) is 29.9. The van der Waals surface area contributed by atoms with E-state index in [1.54, 1.807) is 18.6 Å². The lowest BCUT2D eigenvalue weighted by molar-refractivity contribution is 0.0903. The van der Waals surface area contributed by atoms with E-state index in [-0.39, 0.29) is 22.4 Å². The molecule has 2 aliphatic rings. The Morgan fingerprint density at radius 1 is 0.647 bits per heavy atom. The number of halogens is 1. The zero-order chi connectivity index (χ0) is 35.8. The third kappa shape index (κ3) is 7.35. The Morgan fingerprint density at radius 2 is 1.22 bits per heavy atom. The molecule has 4 N–H and O–H groups in total. The number of fused-ring (bicyclic) bond motifs is 2. The van der Waals surface area contributed by atoms with Crippen LogP contribution in [0.1, 0.15) is 72.6 Å². The number of anilines is 4. The van der Waals surface area contributed by atoms with Crippen LogP contribution in [0, 0.1) is 10.8 Å². The Balaban J connectivity index is 0.000000159. The fraction of sp³-hybridized carbons (Fsp3) is 0.244. The van der Waals surface area contributed by atoms with Crippen molar-refractivity contribution in [3.05, 3.63) is 125 Å². The van der Waals surface area contributed by atoms with Crippen LogP contribution in [0.5, 0.6) is 0 Å². The molecule has 4 heterocycles. The molecule has 0 bridgehead atoms. The minimum atomic E-state index is -0.0439. The molecule has 0 radical (unpaired) electrons. The van der Waals surface area contributed by atoms with Crippen molar-refractivity contribution in [1.82, 2.24) is 24.9 Å². The van der Waals surface area contributed by atoms with E-state index in [2.05, 4.69) is 63.2 Å². The number of H-pyrrole nitrogens is 2. The Bertz CT molecular complexity index is 2210. The van der Waals surface area contributed by atoms with Gasteiger partial charge in [-0.1, -0.05) is 63.6 Å². The number of ketones is 2. The van der Waals surface area contributed by atoms with Gasteiger partial charge in [-0.15, -0.1) is 0 Å². The number of nitrogens with one attached hydrogen (secondary N) is 4. The maximum absolute atomic E-state index is 12.9. The smallest absolute Gasteiger partial charge is 0.167 e. The average Bonchev–Trinajstić information content (AvgIpc) is 3.63. The topological polar surface area (TPSA) is 128 Å². The van der Waals surface area contributed by atoms with E-state index in [0.29, 0.717) is 17.9 Å². The number of hydrogen-bond acceptors (Lipinski definition) is 7. The summed E-state index contributed by atoms with van der Waals surface area (Å²) in [4.78, 5) is 45.2. The molecule has 0 amide bonds. The highest BCUT2D eigenvalue weighted by Crippen LogP contribution is 2.44.